The van der Waals surface area contributed by atoms with E-state index in [0.717, 1.165) is 24.1 Å². The first-order chi connectivity index (χ1) is 10.3. The second kappa shape index (κ2) is 6.98. The highest BCUT2D eigenvalue weighted by atomic mass is 32.1. The van der Waals surface area contributed by atoms with E-state index >= 15 is 0 Å². The molecule has 2 bridgehead atoms. The molecule has 3 saturated heterocycles. The van der Waals surface area contributed by atoms with Crippen LogP contribution in [0.2, 0.25) is 0 Å². The van der Waals surface area contributed by atoms with Crippen LogP contribution in [0.5, 0.6) is 0 Å². The second-order valence-electron chi connectivity index (χ2n) is 6.90. The molecule has 3 heterocycles. The van der Waals surface area contributed by atoms with Crippen LogP contribution in [0.15, 0.2) is 0 Å². The maximum absolute atomic E-state index is 5.64. The molecule has 21 heavy (non-hydrogen) atoms. The maximum atomic E-state index is 5.64. The third kappa shape index (κ3) is 3.70. The number of hydrogen-bond acceptors (Lipinski definition) is 2. The Bertz CT molecular complexity index is 411. The Hall–Kier alpha value is -0.790. The number of piperidine rings is 3. The predicted molar refractivity (Wildman–Crippen MR) is 91.0 cm³/mol. The second-order valence-corrected chi connectivity index (χ2v) is 7.30. The lowest BCUT2D eigenvalue weighted by Gasteiger charge is -2.48. The van der Waals surface area contributed by atoms with Crippen molar-refractivity contribution >= 4 is 17.3 Å². The summed E-state index contributed by atoms with van der Waals surface area (Å²) in [4.78, 5) is 2.56. The molecule has 3 aliphatic heterocycles. The van der Waals surface area contributed by atoms with Crippen LogP contribution in [0.25, 0.3) is 0 Å². The molecule has 0 aromatic heterocycles. The number of fused-ring (bicyclic) bond motifs is 3. The Morgan fingerprint density at radius 2 is 2.05 bits per heavy atom. The Balaban J connectivity index is 1.41. The quantitative estimate of drug-likeness (QED) is 0.617. The summed E-state index contributed by atoms with van der Waals surface area (Å²) in [6.07, 6.45) is 14.7. The molecule has 4 fully saturated rings. The molecule has 3 nitrogen and oxygen atoms in total. The number of hydrogen-bond donors (Lipinski definition) is 2. The van der Waals surface area contributed by atoms with E-state index in [2.05, 4.69) is 21.5 Å². The summed E-state index contributed by atoms with van der Waals surface area (Å²) in [5, 5.41) is 7.78. The average Bonchev–Trinajstić information content (AvgIpc) is 2.54. The minimum absolute atomic E-state index is 0.474. The van der Waals surface area contributed by atoms with Crippen molar-refractivity contribution in [2.45, 2.75) is 57.0 Å². The zero-order valence-corrected chi connectivity index (χ0v) is 13.6. The molecule has 4 unspecified atom stereocenters. The number of thiocarbonyl (C=S) groups is 1. The maximum Gasteiger partial charge on any atom is 0.166 e. The van der Waals surface area contributed by atoms with Crippen LogP contribution < -0.4 is 10.6 Å². The van der Waals surface area contributed by atoms with Crippen LogP contribution >= 0.6 is 12.2 Å². The molecule has 4 heteroatoms. The monoisotopic (exact) mass is 305 g/mol. The van der Waals surface area contributed by atoms with Gasteiger partial charge in [-0.05, 0) is 50.4 Å². The Labute approximate surface area is 134 Å². The highest BCUT2D eigenvalue weighted by Gasteiger charge is 2.39. The van der Waals surface area contributed by atoms with Gasteiger partial charge in [-0.3, -0.25) is 4.90 Å². The van der Waals surface area contributed by atoms with Crippen LogP contribution in [0.4, 0.5) is 0 Å². The summed E-state index contributed by atoms with van der Waals surface area (Å²) in [6.45, 7) is 3.25. The minimum Gasteiger partial charge on any atom is -0.361 e. The van der Waals surface area contributed by atoms with Crippen molar-refractivity contribution in [3.8, 4) is 12.3 Å². The summed E-state index contributed by atoms with van der Waals surface area (Å²) < 4.78 is 0. The highest BCUT2D eigenvalue weighted by Crippen LogP contribution is 2.35. The smallest absolute Gasteiger partial charge is 0.166 e. The predicted octanol–water partition coefficient (Wildman–Crippen LogP) is 2.13. The molecule has 116 valence electrons. The molecule has 4 aliphatic rings. The highest BCUT2D eigenvalue weighted by molar-refractivity contribution is 7.80. The molecule has 1 saturated carbocycles. The Morgan fingerprint density at radius 3 is 2.71 bits per heavy atom. The summed E-state index contributed by atoms with van der Waals surface area (Å²) in [5.74, 6) is 4.18. The van der Waals surface area contributed by atoms with E-state index in [9.17, 15) is 0 Å². The third-order valence-corrected chi connectivity index (χ3v) is 5.79. The fraction of sp³-hybridized carbons (Fsp3) is 0.824. The van der Waals surface area contributed by atoms with Gasteiger partial charge in [-0.15, -0.1) is 12.3 Å². The number of nitrogens with zero attached hydrogens (tertiary/aromatic N) is 1. The lowest BCUT2D eigenvalue weighted by Crippen LogP contribution is -2.57. The molecule has 2 N–H and O–H groups in total. The Morgan fingerprint density at radius 1 is 1.24 bits per heavy atom. The topological polar surface area (TPSA) is 27.3 Å². The molecule has 0 amide bonds. The first kappa shape index (κ1) is 15.1. The van der Waals surface area contributed by atoms with Gasteiger partial charge in [0, 0.05) is 31.1 Å². The van der Waals surface area contributed by atoms with Crippen molar-refractivity contribution in [3.63, 3.8) is 0 Å². The van der Waals surface area contributed by atoms with Crippen molar-refractivity contribution in [3.05, 3.63) is 0 Å². The van der Waals surface area contributed by atoms with Gasteiger partial charge in [-0.1, -0.05) is 19.3 Å². The van der Waals surface area contributed by atoms with Gasteiger partial charge in [0.1, 0.15) is 0 Å². The first-order valence-corrected chi connectivity index (χ1v) is 8.91. The van der Waals surface area contributed by atoms with Crippen LogP contribution in [-0.2, 0) is 0 Å². The van der Waals surface area contributed by atoms with Crippen molar-refractivity contribution in [1.29, 1.82) is 0 Å². The van der Waals surface area contributed by atoms with Gasteiger partial charge >= 0.3 is 0 Å². The van der Waals surface area contributed by atoms with Gasteiger partial charge in [0.2, 0.25) is 0 Å². The lowest BCUT2D eigenvalue weighted by atomic mass is 9.76. The van der Waals surface area contributed by atoms with Gasteiger partial charge in [0.05, 0.1) is 0 Å². The summed E-state index contributed by atoms with van der Waals surface area (Å²) in [6, 6.07) is 1.20. The summed E-state index contributed by atoms with van der Waals surface area (Å²) in [7, 11) is 0. The minimum atomic E-state index is 0.474. The van der Waals surface area contributed by atoms with Crippen molar-refractivity contribution < 1.29 is 0 Å². The van der Waals surface area contributed by atoms with Crippen LogP contribution in [-0.4, -0.2) is 41.7 Å². The average molecular weight is 305 g/mol. The molecule has 0 spiro atoms. The van der Waals surface area contributed by atoms with Crippen LogP contribution in [0.1, 0.15) is 44.9 Å². The molecular formula is C17H27N3S. The standard InChI is InChI=1S/C17H27N3S/c1-2-13-12-20-9-8-14(13)10-16(20)11-18-17(21)19-15-6-4-3-5-7-15/h1,13-16H,3-12H2,(H2,18,19,21). The molecule has 0 radical (unpaired) electrons. The van der Waals surface area contributed by atoms with Gasteiger partial charge in [0.25, 0.3) is 0 Å². The van der Waals surface area contributed by atoms with Crippen molar-refractivity contribution in [2.24, 2.45) is 11.8 Å². The largest absolute Gasteiger partial charge is 0.361 e. The van der Waals surface area contributed by atoms with Gasteiger partial charge < -0.3 is 10.6 Å². The molecule has 4 rings (SSSR count). The fourth-order valence-electron chi connectivity index (χ4n) is 4.23. The number of rotatable bonds is 3. The molecular weight excluding hydrogens is 278 g/mol. The third-order valence-electron chi connectivity index (χ3n) is 5.53. The van der Waals surface area contributed by atoms with Crippen LogP contribution in [0.3, 0.4) is 0 Å². The summed E-state index contributed by atoms with van der Waals surface area (Å²) >= 11 is 5.46. The first-order valence-electron chi connectivity index (χ1n) is 8.51. The summed E-state index contributed by atoms with van der Waals surface area (Å²) in [5.41, 5.74) is 0. The van der Waals surface area contributed by atoms with Gasteiger partial charge in [-0.25, -0.2) is 0 Å². The zero-order valence-electron chi connectivity index (χ0n) is 12.8. The molecule has 4 atom stereocenters. The number of nitrogens with one attached hydrogen (secondary N) is 2. The normalized spacial score (nSPS) is 36.0. The van der Waals surface area contributed by atoms with Crippen LogP contribution in [0, 0.1) is 24.2 Å². The van der Waals surface area contributed by atoms with E-state index in [-0.39, 0.29) is 0 Å². The van der Waals surface area contributed by atoms with E-state index in [1.54, 1.807) is 0 Å². The zero-order chi connectivity index (χ0) is 14.7. The van der Waals surface area contributed by atoms with Gasteiger partial charge in [-0.2, -0.15) is 0 Å². The van der Waals surface area contributed by atoms with E-state index in [1.165, 1.54) is 51.5 Å². The molecule has 1 aliphatic carbocycles. The fourth-order valence-corrected chi connectivity index (χ4v) is 4.48. The Kier molecular flexibility index (Phi) is 5.03. The molecule has 0 aromatic carbocycles. The van der Waals surface area contributed by atoms with Crippen molar-refractivity contribution in [2.75, 3.05) is 19.6 Å². The lowest BCUT2D eigenvalue weighted by molar-refractivity contribution is 0.0247. The SMILES string of the molecule is C#CC1CN2CCC1CC2CNC(=S)NC1CCCCC1. The van der Waals surface area contributed by atoms with E-state index in [1.807, 2.05) is 0 Å². The number of terminal acetylenes is 1. The van der Waals surface area contributed by atoms with Gasteiger partial charge in [0.15, 0.2) is 5.11 Å². The molecule has 0 aromatic rings. The van der Waals surface area contributed by atoms with E-state index in [0.29, 0.717) is 18.0 Å². The van der Waals surface area contributed by atoms with Crippen molar-refractivity contribution in [1.82, 2.24) is 15.5 Å². The van der Waals surface area contributed by atoms with E-state index in [4.69, 9.17) is 18.6 Å². The van der Waals surface area contributed by atoms with E-state index < -0.39 is 0 Å².